The van der Waals surface area contributed by atoms with E-state index >= 15 is 0 Å². The van der Waals surface area contributed by atoms with Crippen molar-refractivity contribution >= 4 is 99.0 Å². The fraction of sp³-hybridized carbons (Fsp3) is 0. The van der Waals surface area contributed by atoms with E-state index in [1.165, 1.54) is 53.9 Å². The van der Waals surface area contributed by atoms with E-state index in [1.54, 1.807) is 0 Å². The average molecular weight is 702 g/mol. The van der Waals surface area contributed by atoms with Gasteiger partial charge in [-0.3, -0.25) is 0 Å². The SMILES string of the molecule is c1ccc(N(c2ccccc2)c2ccc3c(c2)c2cc(N(c4ccccc4)c4ccccc4)ccc2c2cc4c(ccc5[nH]c6ccccc6c54)cc32)cc1. The van der Waals surface area contributed by atoms with E-state index in [4.69, 9.17) is 0 Å². The van der Waals surface area contributed by atoms with Gasteiger partial charge in [-0.15, -0.1) is 0 Å². The van der Waals surface area contributed by atoms with Gasteiger partial charge in [0.15, 0.2) is 0 Å². The first-order valence-electron chi connectivity index (χ1n) is 18.9. The molecule has 0 aliphatic rings. The van der Waals surface area contributed by atoms with Crippen LogP contribution in [-0.2, 0) is 0 Å². The summed E-state index contributed by atoms with van der Waals surface area (Å²) in [4.78, 5) is 8.38. The Bertz CT molecular complexity index is 3110. The molecule has 11 aromatic rings. The van der Waals surface area contributed by atoms with E-state index < -0.39 is 0 Å². The minimum atomic E-state index is 1.11. The first-order valence-corrected chi connectivity index (χ1v) is 18.9. The number of nitrogens with zero attached hydrogens (tertiary/aromatic N) is 2. The van der Waals surface area contributed by atoms with Gasteiger partial charge in [-0.05, 0) is 140 Å². The third-order valence-corrected chi connectivity index (χ3v) is 11.1. The Labute approximate surface area is 318 Å². The molecule has 0 radical (unpaired) electrons. The predicted molar refractivity (Wildman–Crippen MR) is 235 cm³/mol. The van der Waals surface area contributed by atoms with Crippen LogP contribution in [0.5, 0.6) is 0 Å². The topological polar surface area (TPSA) is 22.3 Å². The molecule has 10 aromatic carbocycles. The second-order valence-electron chi connectivity index (χ2n) is 14.3. The van der Waals surface area contributed by atoms with Crippen LogP contribution in [0.2, 0.25) is 0 Å². The Balaban J connectivity index is 1.24. The second kappa shape index (κ2) is 12.6. The molecule has 3 heteroatoms. The van der Waals surface area contributed by atoms with Crippen molar-refractivity contribution in [3.63, 3.8) is 0 Å². The largest absolute Gasteiger partial charge is 0.354 e. The summed E-state index contributed by atoms with van der Waals surface area (Å²) in [6.45, 7) is 0. The molecule has 1 aromatic heterocycles. The maximum atomic E-state index is 3.67. The van der Waals surface area contributed by atoms with Gasteiger partial charge < -0.3 is 14.8 Å². The summed E-state index contributed by atoms with van der Waals surface area (Å²) in [7, 11) is 0. The first kappa shape index (κ1) is 31.2. The lowest BCUT2D eigenvalue weighted by atomic mass is 9.90. The Morgan fingerprint density at radius 1 is 0.255 bits per heavy atom. The average Bonchev–Trinajstić information content (AvgIpc) is 3.64. The molecule has 0 spiro atoms. The van der Waals surface area contributed by atoms with E-state index in [-0.39, 0.29) is 0 Å². The van der Waals surface area contributed by atoms with Crippen molar-refractivity contribution in [1.82, 2.24) is 4.98 Å². The zero-order chi connectivity index (χ0) is 36.3. The van der Waals surface area contributed by atoms with Crippen molar-refractivity contribution in [2.24, 2.45) is 0 Å². The van der Waals surface area contributed by atoms with Crippen LogP contribution in [0.15, 0.2) is 206 Å². The van der Waals surface area contributed by atoms with Gasteiger partial charge in [0.25, 0.3) is 0 Å². The summed E-state index contributed by atoms with van der Waals surface area (Å²) in [5.74, 6) is 0. The van der Waals surface area contributed by atoms with E-state index in [0.717, 1.165) is 45.2 Å². The van der Waals surface area contributed by atoms with Gasteiger partial charge in [-0.25, -0.2) is 0 Å². The van der Waals surface area contributed by atoms with Crippen LogP contribution in [0, 0.1) is 0 Å². The number of aromatic nitrogens is 1. The number of rotatable bonds is 6. The maximum absolute atomic E-state index is 3.67. The lowest BCUT2D eigenvalue weighted by Gasteiger charge is -2.27. The molecule has 0 aliphatic carbocycles. The van der Waals surface area contributed by atoms with Crippen LogP contribution < -0.4 is 9.80 Å². The van der Waals surface area contributed by atoms with Crippen LogP contribution in [-0.4, -0.2) is 4.98 Å². The minimum Gasteiger partial charge on any atom is -0.354 e. The van der Waals surface area contributed by atoms with Gasteiger partial charge in [0, 0.05) is 55.9 Å². The van der Waals surface area contributed by atoms with E-state index in [1.807, 2.05) is 0 Å². The Morgan fingerprint density at radius 2 is 0.691 bits per heavy atom. The molecule has 11 rings (SSSR count). The molecule has 0 aliphatic heterocycles. The van der Waals surface area contributed by atoms with Gasteiger partial charge in [0.1, 0.15) is 0 Å². The van der Waals surface area contributed by atoms with Crippen LogP contribution in [0.25, 0.3) is 64.9 Å². The summed E-state index contributed by atoms with van der Waals surface area (Å²) in [6, 6.07) is 74.7. The number of hydrogen-bond donors (Lipinski definition) is 1. The molecule has 3 nitrogen and oxygen atoms in total. The summed E-state index contributed by atoms with van der Waals surface area (Å²) < 4.78 is 0. The summed E-state index contributed by atoms with van der Waals surface area (Å²) in [6.07, 6.45) is 0. The second-order valence-corrected chi connectivity index (χ2v) is 14.3. The van der Waals surface area contributed by atoms with Crippen molar-refractivity contribution < 1.29 is 0 Å². The van der Waals surface area contributed by atoms with Gasteiger partial charge in [0.2, 0.25) is 0 Å². The van der Waals surface area contributed by atoms with Crippen LogP contribution in [0.3, 0.4) is 0 Å². The lowest BCUT2D eigenvalue weighted by molar-refractivity contribution is 1.29. The predicted octanol–water partition coefficient (Wildman–Crippen LogP) is 14.9. The van der Waals surface area contributed by atoms with Gasteiger partial charge in [-0.2, -0.15) is 0 Å². The highest BCUT2D eigenvalue weighted by molar-refractivity contribution is 6.31. The van der Waals surface area contributed by atoms with E-state index in [2.05, 4.69) is 221 Å². The number of nitrogens with one attached hydrogen (secondary N) is 1. The number of aromatic amines is 1. The van der Waals surface area contributed by atoms with Crippen molar-refractivity contribution in [2.75, 3.05) is 9.80 Å². The molecule has 0 fully saturated rings. The van der Waals surface area contributed by atoms with Crippen molar-refractivity contribution in [2.45, 2.75) is 0 Å². The Morgan fingerprint density at radius 3 is 1.20 bits per heavy atom. The highest BCUT2D eigenvalue weighted by atomic mass is 15.1. The van der Waals surface area contributed by atoms with E-state index in [0.29, 0.717) is 0 Å². The third kappa shape index (κ3) is 5.13. The number of H-pyrrole nitrogens is 1. The fourth-order valence-corrected chi connectivity index (χ4v) is 8.63. The monoisotopic (exact) mass is 701 g/mol. The van der Waals surface area contributed by atoms with Crippen LogP contribution >= 0.6 is 0 Å². The summed E-state index contributed by atoms with van der Waals surface area (Å²) >= 11 is 0. The molecule has 1 heterocycles. The van der Waals surface area contributed by atoms with E-state index in [9.17, 15) is 0 Å². The third-order valence-electron chi connectivity index (χ3n) is 11.1. The molecule has 0 unspecified atom stereocenters. The molecule has 0 atom stereocenters. The Hall–Kier alpha value is -7.36. The molecule has 55 heavy (non-hydrogen) atoms. The van der Waals surface area contributed by atoms with Crippen LogP contribution in [0.1, 0.15) is 0 Å². The smallest absolute Gasteiger partial charge is 0.0471 e. The number of anilines is 6. The molecule has 0 saturated carbocycles. The van der Waals surface area contributed by atoms with Gasteiger partial charge in [0.05, 0.1) is 0 Å². The van der Waals surface area contributed by atoms with Gasteiger partial charge in [-0.1, -0.05) is 109 Å². The zero-order valence-corrected chi connectivity index (χ0v) is 30.0. The molecular formula is C52H35N3. The quantitative estimate of drug-likeness (QED) is 0.138. The normalized spacial score (nSPS) is 11.6. The molecule has 258 valence electrons. The maximum Gasteiger partial charge on any atom is 0.0471 e. The highest BCUT2D eigenvalue weighted by Gasteiger charge is 2.19. The molecule has 1 N–H and O–H groups in total. The molecule has 0 amide bonds. The number of hydrogen-bond acceptors (Lipinski definition) is 2. The van der Waals surface area contributed by atoms with Crippen LogP contribution in [0.4, 0.5) is 34.1 Å². The van der Waals surface area contributed by atoms with Crippen molar-refractivity contribution in [3.8, 4) is 0 Å². The van der Waals surface area contributed by atoms with Crippen molar-refractivity contribution in [3.05, 3.63) is 206 Å². The molecule has 0 bridgehead atoms. The number of benzene rings is 10. The first-order chi connectivity index (χ1) is 27.3. The summed E-state index contributed by atoms with van der Waals surface area (Å²) in [5, 5.41) is 12.4. The fourth-order valence-electron chi connectivity index (χ4n) is 8.63. The van der Waals surface area contributed by atoms with Crippen molar-refractivity contribution in [1.29, 1.82) is 0 Å². The zero-order valence-electron chi connectivity index (χ0n) is 30.0. The molecule has 0 saturated heterocycles. The molecular weight excluding hydrogens is 667 g/mol. The van der Waals surface area contributed by atoms with Gasteiger partial charge >= 0.3 is 0 Å². The Kier molecular flexibility index (Phi) is 7.17. The number of para-hydroxylation sites is 5. The lowest BCUT2D eigenvalue weighted by Crippen LogP contribution is -2.10. The minimum absolute atomic E-state index is 1.11. The highest BCUT2D eigenvalue weighted by Crippen LogP contribution is 2.45. The summed E-state index contributed by atoms with van der Waals surface area (Å²) in [5.41, 5.74) is 9.01. The number of fused-ring (bicyclic) bond motifs is 11. The standard InChI is InChI=1S/C52H35N3/c1-5-15-36(16-6-1)54(37-17-7-2-8-18-37)40-26-28-42-46-31-35-25-30-51-52(44-23-13-14-24-50(44)53-51)45(35)34-49(46)43-29-27-41(33-48(43)47(42)32-40)55(38-19-9-3-10-20-38)39-21-11-4-12-22-39/h1-34,53H.